The molecule has 0 aromatic rings. The maximum atomic E-state index is 14.0. The molecule has 2 heterocycles. The zero-order valence-electron chi connectivity index (χ0n) is 49.9. The molecule has 79 heavy (non-hydrogen) atoms. The number of aliphatic hydroxyl groups excluding tert-OH is 2. The molecule has 12 atom stereocenters. The predicted molar refractivity (Wildman–Crippen MR) is 287 cm³/mol. The lowest BCUT2D eigenvalue weighted by Crippen LogP contribution is -2.69. The molecule has 0 unspecified atom stereocenters. The lowest BCUT2D eigenvalue weighted by Gasteiger charge is -2.51. The molecule has 0 aromatic carbocycles. The summed E-state index contributed by atoms with van der Waals surface area (Å²) >= 11 is 0. The van der Waals surface area contributed by atoms with E-state index in [1.54, 1.807) is 111 Å². The van der Waals surface area contributed by atoms with E-state index in [-0.39, 0.29) is 44.3 Å². The average Bonchev–Trinajstić information content (AvgIpc) is 3.23. The first kappa shape index (κ1) is 66.6. The summed E-state index contributed by atoms with van der Waals surface area (Å²) in [5, 5.41) is 52.3. The first-order valence-corrected chi connectivity index (χ1v) is 27.4. The molecular weight excluding hydrogens is 1030 g/mol. The number of nitrogens with zero attached hydrogens (tertiary/aromatic N) is 1. The molecule has 4 rings (SSSR count). The minimum absolute atomic E-state index is 0.0225. The van der Waals surface area contributed by atoms with E-state index in [0.29, 0.717) is 12.3 Å². The van der Waals surface area contributed by atoms with Gasteiger partial charge in [-0.25, -0.2) is 24.0 Å². The third kappa shape index (κ3) is 22.2. The fourth-order valence-electron chi connectivity index (χ4n) is 9.52. The molecule has 2 aliphatic heterocycles. The molecule has 0 spiro atoms. The number of carbonyl (C=O) groups excluding carboxylic acids is 6. The zero-order chi connectivity index (χ0) is 59.8. The van der Waals surface area contributed by atoms with E-state index in [1.165, 1.54) is 14.0 Å². The van der Waals surface area contributed by atoms with E-state index in [1.807, 2.05) is 6.08 Å². The highest BCUT2D eigenvalue weighted by atomic mass is 16.7. The molecule has 0 aromatic heterocycles. The van der Waals surface area contributed by atoms with Crippen LogP contribution >= 0.6 is 0 Å². The Hall–Kier alpha value is -4.92. The van der Waals surface area contributed by atoms with Gasteiger partial charge in [0.1, 0.15) is 51.6 Å². The van der Waals surface area contributed by atoms with E-state index < -0.39 is 144 Å². The lowest BCUT2D eigenvalue weighted by molar-refractivity contribution is -0.305. The maximum absolute atomic E-state index is 14.0. The predicted octanol–water partition coefficient (Wildman–Crippen LogP) is 4.57. The summed E-state index contributed by atoms with van der Waals surface area (Å²) in [6, 6.07) is -4.37. The van der Waals surface area contributed by atoms with Crippen molar-refractivity contribution in [3.63, 3.8) is 0 Å². The molecule has 0 bridgehead atoms. The normalized spacial score (nSPS) is 29.9. The molecule has 3 fully saturated rings. The van der Waals surface area contributed by atoms with Crippen molar-refractivity contribution < 1.29 is 86.7 Å². The van der Waals surface area contributed by atoms with Gasteiger partial charge < -0.3 is 94.8 Å². The van der Waals surface area contributed by atoms with Crippen LogP contribution in [0, 0.1) is 11.8 Å². The fourth-order valence-corrected chi connectivity index (χ4v) is 9.52. The van der Waals surface area contributed by atoms with Crippen molar-refractivity contribution in [3.05, 3.63) is 11.8 Å². The van der Waals surface area contributed by atoms with Crippen LogP contribution in [-0.2, 0) is 47.4 Å². The second-order valence-corrected chi connectivity index (χ2v) is 26.4. The van der Waals surface area contributed by atoms with Crippen molar-refractivity contribution in [2.45, 2.75) is 251 Å². The third-order valence-corrected chi connectivity index (χ3v) is 12.8. The number of hydrogen-bond donors (Lipinski definition) is 9. The number of carbonyl (C=O) groups is 6. The Morgan fingerprint density at radius 3 is 1.71 bits per heavy atom. The quantitative estimate of drug-likeness (QED) is 0.0901. The molecular formula is C54H95N7O18. The summed E-state index contributed by atoms with van der Waals surface area (Å²) in [5.74, 6) is -1.05. The van der Waals surface area contributed by atoms with Gasteiger partial charge in [-0.3, -0.25) is 4.79 Å². The van der Waals surface area contributed by atoms with E-state index in [0.717, 1.165) is 17.7 Å². The Bertz CT molecular complexity index is 2100. The number of hydrogen-bond acceptors (Lipinski definition) is 19. The van der Waals surface area contributed by atoms with E-state index in [2.05, 4.69) is 31.9 Å². The Morgan fingerprint density at radius 2 is 1.18 bits per heavy atom. The SMILES string of the molecule is C[C@@H]1[C@@H](O[C@H]2OC[C@](C)(O)[C@H](N(C)C(=O)OC(C)(C)C)[C@H]2O)[C@H](NC(=O)[C@@H](O)CCNC(=O)OC(C)(C)C)C[C@H](NC(=O)OC(C)(C)C)[C@H]1O[C@H]1OC(CNCC2CC(NC(=O)OC(C)(C)C)C2)=CC[C@H]1NC(=O)OC(C)(C)C. The Kier molecular flexibility index (Phi) is 22.6. The summed E-state index contributed by atoms with van der Waals surface area (Å²) < 4.78 is 53.8. The van der Waals surface area contributed by atoms with Gasteiger partial charge >= 0.3 is 30.5 Å². The van der Waals surface area contributed by atoms with Gasteiger partial charge in [-0.1, -0.05) is 6.92 Å². The molecule has 454 valence electrons. The highest BCUT2D eigenvalue weighted by Gasteiger charge is 2.54. The number of rotatable bonds is 17. The Morgan fingerprint density at radius 1 is 0.696 bits per heavy atom. The second kappa shape index (κ2) is 26.8. The van der Waals surface area contributed by atoms with Gasteiger partial charge in [-0.15, -0.1) is 0 Å². The molecule has 9 N–H and O–H groups in total. The van der Waals surface area contributed by atoms with Crippen LogP contribution in [0.3, 0.4) is 0 Å². The van der Waals surface area contributed by atoms with Crippen molar-refractivity contribution in [1.82, 2.24) is 36.8 Å². The minimum atomic E-state index is -1.82. The maximum Gasteiger partial charge on any atom is 0.410 e. The van der Waals surface area contributed by atoms with Crippen molar-refractivity contribution in [3.8, 4) is 0 Å². The van der Waals surface area contributed by atoms with Gasteiger partial charge in [0.2, 0.25) is 12.2 Å². The zero-order valence-corrected chi connectivity index (χ0v) is 49.9. The molecule has 1 saturated heterocycles. The summed E-state index contributed by atoms with van der Waals surface area (Å²) in [6.07, 6.45) is -9.09. The first-order valence-electron chi connectivity index (χ1n) is 27.4. The number of alkyl carbamates (subject to hydrolysis) is 4. The van der Waals surface area contributed by atoms with Crippen LogP contribution in [0.5, 0.6) is 0 Å². The molecule has 25 nitrogen and oxygen atoms in total. The van der Waals surface area contributed by atoms with Crippen molar-refractivity contribution in [2.75, 3.05) is 33.3 Å². The lowest BCUT2D eigenvalue weighted by atomic mass is 9.77. The van der Waals surface area contributed by atoms with Gasteiger partial charge in [-0.05, 0) is 161 Å². The van der Waals surface area contributed by atoms with E-state index in [4.69, 9.17) is 42.6 Å². The summed E-state index contributed by atoms with van der Waals surface area (Å²) in [7, 11) is 1.36. The minimum Gasteiger partial charge on any atom is -0.466 e. The topological polar surface area (TPSA) is 322 Å². The smallest absolute Gasteiger partial charge is 0.410 e. The second-order valence-electron chi connectivity index (χ2n) is 26.4. The standard InChI is InChI=1S/C54H95N7O18/c1-29-38(74-43-37(63)40(54(17,70)28-71-43)61(18)48(69)79-53(14,15)16)34(58-41(64)36(62)21-22-56-44(65)75-49(2,3)4)25-35(60-47(68)78-52(11,12)13)39(29)73-42-33(59-46(67)77-51(8,9)10)20-19-32(72-42)27-55-26-30-23-31(24-30)57-45(66)76-50(5,6)7/h19,29-31,33-40,42-43,55,62-63,70H,20-28H2,1-18H3,(H,56,65)(H,57,66)(H,58,64)(H,59,67)(H,60,68)/t29-,30?,31?,33-,34-,35+,36+,37-,38-,39+,40-,42-,43-,54+/m1/s1. The number of nitrogens with one attached hydrogen (secondary N) is 6. The molecule has 2 saturated carbocycles. The largest absolute Gasteiger partial charge is 0.466 e. The first-order chi connectivity index (χ1) is 36.1. The number of likely N-dealkylation sites (N-methyl/N-ethyl adjacent to an activating group) is 1. The highest BCUT2D eigenvalue weighted by Crippen LogP contribution is 2.37. The summed E-state index contributed by atoms with van der Waals surface area (Å²) in [6.45, 7) is 29.1. The van der Waals surface area contributed by atoms with Crippen LogP contribution in [0.25, 0.3) is 0 Å². The van der Waals surface area contributed by atoms with Crippen molar-refractivity contribution in [1.29, 1.82) is 0 Å². The Labute approximate surface area is 466 Å². The van der Waals surface area contributed by atoms with Crippen LogP contribution < -0.4 is 31.9 Å². The molecule has 6 amide bonds. The number of ether oxygens (including phenoxy) is 9. The van der Waals surface area contributed by atoms with Gasteiger partial charge in [0.25, 0.3) is 0 Å². The fraction of sp³-hybridized carbons (Fsp3) is 0.852. The molecule has 2 aliphatic carbocycles. The van der Waals surface area contributed by atoms with Gasteiger partial charge in [-0.2, -0.15) is 0 Å². The van der Waals surface area contributed by atoms with E-state index >= 15 is 0 Å². The van der Waals surface area contributed by atoms with E-state index in [9.17, 15) is 44.1 Å². The molecule has 4 aliphatic rings. The third-order valence-electron chi connectivity index (χ3n) is 12.8. The average molecular weight is 1130 g/mol. The van der Waals surface area contributed by atoms with Gasteiger partial charge in [0, 0.05) is 25.6 Å². The van der Waals surface area contributed by atoms with Crippen LogP contribution in [0.4, 0.5) is 24.0 Å². The van der Waals surface area contributed by atoms with Crippen molar-refractivity contribution in [2.24, 2.45) is 11.8 Å². The number of amides is 6. The van der Waals surface area contributed by atoms with Crippen LogP contribution in [0.2, 0.25) is 0 Å². The van der Waals surface area contributed by atoms with Crippen LogP contribution in [0.15, 0.2) is 11.8 Å². The van der Waals surface area contributed by atoms with Gasteiger partial charge in [0.15, 0.2) is 6.29 Å². The molecule has 0 radical (unpaired) electrons. The highest BCUT2D eigenvalue weighted by molar-refractivity contribution is 5.81. The van der Waals surface area contributed by atoms with Crippen LogP contribution in [-0.4, -0.2) is 191 Å². The van der Waals surface area contributed by atoms with Crippen molar-refractivity contribution >= 4 is 36.4 Å². The summed E-state index contributed by atoms with van der Waals surface area (Å²) in [4.78, 5) is 80.4. The monoisotopic (exact) mass is 1130 g/mol. The summed E-state index contributed by atoms with van der Waals surface area (Å²) in [5.41, 5.74) is -5.98. The number of aliphatic hydroxyl groups is 3. The van der Waals surface area contributed by atoms with Gasteiger partial charge in [0.05, 0.1) is 49.5 Å². The molecule has 25 heteroatoms. The Balaban J connectivity index is 1.69. The van der Waals surface area contributed by atoms with Crippen LogP contribution in [0.1, 0.15) is 150 Å².